The Bertz CT molecular complexity index is 1370. The summed E-state index contributed by atoms with van der Waals surface area (Å²) in [5.74, 6) is -1.27. The van der Waals surface area contributed by atoms with Crippen molar-refractivity contribution in [3.8, 4) is 11.1 Å². The number of benzene rings is 1. The number of ether oxygens (including phenoxy) is 1. The highest BCUT2D eigenvalue weighted by Crippen LogP contribution is 2.42. The molecule has 164 valence electrons. The molecule has 1 aliphatic rings. The zero-order chi connectivity index (χ0) is 22.6. The minimum absolute atomic E-state index is 0.0501. The van der Waals surface area contributed by atoms with Crippen LogP contribution in [0.15, 0.2) is 34.7 Å². The number of hydrogen-bond donors (Lipinski definition) is 0. The van der Waals surface area contributed by atoms with Crippen molar-refractivity contribution in [3.05, 3.63) is 58.4 Å². The Hall–Kier alpha value is -3.25. The van der Waals surface area contributed by atoms with E-state index >= 15 is 0 Å². The van der Waals surface area contributed by atoms with E-state index in [1.54, 1.807) is 6.92 Å². The third-order valence-electron chi connectivity index (χ3n) is 6.20. The molecular formula is C26H25N2O4-. The molecule has 0 amide bonds. The molecule has 0 fully saturated rings. The van der Waals surface area contributed by atoms with E-state index in [2.05, 4.69) is 20.8 Å². The monoisotopic (exact) mass is 429 g/mol. The molecule has 0 atom stereocenters. The number of aryl methyl sites for hydroxylation is 2. The second kappa shape index (κ2) is 7.41. The average molecular weight is 429 g/mol. The maximum atomic E-state index is 12.1. The van der Waals surface area contributed by atoms with Gasteiger partial charge in [-0.3, -0.25) is 0 Å². The quantitative estimate of drug-likeness (QED) is 0.474. The third-order valence-corrected chi connectivity index (χ3v) is 6.20. The van der Waals surface area contributed by atoms with Crippen molar-refractivity contribution < 1.29 is 19.1 Å². The van der Waals surface area contributed by atoms with Crippen LogP contribution in [0.1, 0.15) is 60.1 Å². The molecule has 3 aromatic heterocycles. The summed E-state index contributed by atoms with van der Waals surface area (Å²) in [6.07, 6.45) is 2.48. The molecule has 0 saturated heterocycles. The van der Waals surface area contributed by atoms with Crippen LogP contribution in [0.2, 0.25) is 0 Å². The number of nitrogens with zero attached hydrogens (tertiary/aromatic N) is 2. The molecule has 0 N–H and O–H groups in total. The Labute approximate surface area is 186 Å². The predicted octanol–water partition coefficient (Wildman–Crippen LogP) is 4.52. The van der Waals surface area contributed by atoms with E-state index < -0.39 is 5.97 Å². The highest BCUT2D eigenvalue weighted by molar-refractivity contribution is 6.12. The van der Waals surface area contributed by atoms with Crippen molar-refractivity contribution >= 4 is 28.2 Å². The highest BCUT2D eigenvalue weighted by Gasteiger charge is 2.32. The first-order valence-corrected chi connectivity index (χ1v) is 11.0. The van der Waals surface area contributed by atoms with Gasteiger partial charge in [-0.2, -0.15) is 0 Å². The van der Waals surface area contributed by atoms with Gasteiger partial charge in [-0.15, -0.1) is 0 Å². The van der Waals surface area contributed by atoms with Crippen molar-refractivity contribution in [2.75, 3.05) is 0 Å². The molecule has 5 rings (SSSR count). The van der Waals surface area contributed by atoms with Gasteiger partial charge in [0.15, 0.2) is 5.58 Å². The number of hydrogen-bond acceptors (Lipinski definition) is 6. The zero-order valence-electron chi connectivity index (χ0n) is 18.7. The number of carbonyl (C=O) groups excluding carboxylic acids is 1. The maximum absolute atomic E-state index is 12.1. The molecular weight excluding hydrogens is 404 g/mol. The molecule has 6 nitrogen and oxygen atoms in total. The average Bonchev–Trinajstić information content (AvgIpc) is 3.10. The van der Waals surface area contributed by atoms with Crippen molar-refractivity contribution in [2.45, 2.75) is 59.2 Å². The minimum atomic E-state index is -1.27. The summed E-state index contributed by atoms with van der Waals surface area (Å²) in [4.78, 5) is 21.7. The molecule has 0 saturated carbocycles. The van der Waals surface area contributed by atoms with E-state index in [9.17, 15) is 9.90 Å². The van der Waals surface area contributed by atoms with E-state index in [-0.39, 0.29) is 11.2 Å². The fourth-order valence-electron chi connectivity index (χ4n) is 4.75. The fraction of sp³-hybridized carbons (Fsp3) is 0.346. The van der Waals surface area contributed by atoms with Crippen LogP contribution in [0.3, 0.4) is 0 Å². The van der Waals surface area contributed by atoms with E-state index in [1.807, 2.05) is 30.3 Å². The molecule has 1 aromatic carbocycles. The Morgan fingerprint density at radius 1 is 1.16 bits per heavy atom. The summed E-state index contributed by atoms with van der Waals surface area (Å²) in [6.45, 7) is 8.47. The molecule has 6 heteroatoms. The minimum Gasteiger partial charge on any atom is -0.545 e. The number of rotatable bonds is 4. The van der Waals surface area contributed by atoms with Gasteiger partial charge in [-0.25, -0.2) is 9.97 Å². The lowest BCUT2D eigenvalue weighted by molar-refractivity contribution is -0.255. The van der Waals surface area contributed by atoms with Gasteiger partial charge in [0.1, 0.15) is 5.52 Å². The number of furan rings is 1. The first-order valence-electron chi connectivity index (χ1n) is 11.0. The van der Waals surface area contributed by atoms with Gasteiger partial charge in [0.05, 0.1) is 29.3 Å². The number of pyridine rings is 2. The Kier molecular flexibility index (Phi) is 4.78. The van der Waals surface area contributed by atoms with Crippen molar-refractivity contribution in [1.82, 2.24) is 9.97 Å². The number of fused-ring (bicyclic) bond motifs is 5. The molecule has 4 aromatic rings. The Morgan fingerprint density at radius 2 is 1.91 bits per heavy atom. The van der Waals surface area contributed by atoms with E-state index in [1.165, 1.54) is 0 Å². The Morgan fingerprint density at radius 3 is 2.59 bits per heavy atom. The fourth-order valence-corrected chi connectivity index (χ4v) is 4.75. The molecule has 0 unspecified atom stereocenters. The lowest BCUT2D eigenvalue weighted by atomic mass is 9.88. The van der Waals surface area contributed by atoms with E-state index in [0.29, 0.717) is 41.1 Å². The summed E-state index contributed by atoms with van der Waals surface area (Å²) in [6, 6.07) is 9.38. The molecule has 32 heavy (non-hydrogen) atoms. The number of carboxylic acids is 1. The summed E-state index contributed by atoms with van der Waals surface area (Å²) in [5, 5.41) is 13.0. The van der Waals surface area contributed by atoms with E-state index in [0.717, 1.165) is 40.6 Å². The van der Waals surface area contributed by atoms with Crippen molar-refractivity contribution in [1.29, 1.82) is 0 Å². The normalized spacial score (nSPS) is 15.2. The third kappa shape index (κ3) is 3.17. The number of carbonyl (C=O) groups is 1. The molecule has 0 aliphatic carbocycles. The number of carboxylic acid groups (broad SMARTS) is 1. The summed E-state index contributed by atoms with van der Waals surface area (Å²) >= 11 is 0. The number of aromatic nitrogens is 2. The smallest absolute Gasteiger partial charge is 0.229 e. The molecule has 1 aliphatic heterocycles. The molecule has 0 spiro atoms. The van der Waals surface area contributed by atoms with Gasteiger partial charge < -0.3 is 19.1 Å². The van der Waals surface area contributed by atoms with Crippen LogP contribution < -0.4 is 5.11 Å². The van der Waals surface area contributed by atoms with Gasteiger partial charge >= 0.3 is 0 Å². The first kappa shape index (κ1) is 20.6. The van der Waals surface area contributed by atoms with Crippen LogP contribution in [0.5, 0.6) is 0 Å². The highest BCUT2D eigenvalue weighted by atomic mass is 16.5. The largest absolute Gasteiger partial charge is 0.545 e. The van der Waals surface area contributed by atoms with E-state index in [4.69, 9.17) is 19.1 Å². The second-order valence-corrected chi connectivity index (χ2v) is 9.05. The standard InChI is InChI=1S/C26H26N2O4/c1-5-9-18-17-13-31-26(3,4)12-16(17)21-22-23(32-24(21)28-18)20(15-10-7-6-8-11-15)19(25(29)30)14(2)27-22/h6-8,10-11H,5,9,12-13H2,1-4H3,(H,29,30)/p-1. The Balaban J connectivity index is 1.94. The maximum Gasteiger partial charge on any atom is 0.229 e. The summed E-state index contributed by atoms with van der Waals surface area (Å²) in [5.41, 5.74) is 6.15. The van der Waals surface area contributed by atoms with Crippen molar-refractivity contribution in [3.63, 3.8) is 0 Å². The van der Waals surface area contributed by atoms with Gasteiger partial charge in [-0.1, -0.05) is 43.7 Å². The SMILES string of the molecule is CCCc1nc2oc3c(-c4ccccc4)c(C(=O)[O-])c(C)nc3c2c2c1COC(C)(C)C2. The van der Waals surface area contributed by atoms with Crippen LogP contribution >= 0.6 is 0 Å². The van der Waals surface area contributed by atoms with Crippen LogP contribution in [0, 0.1) is 6.92 Å². The topological polar surface area (TPSA) is 88.3 Å². The molecule has 0 bridgehead atoms. The predicted molar refractivity (Wildman–Crippen MR) is 120 cm³/mol. The zero-order valence-corrected chi connectivity index (χ0v) is 18.7. The van der Waals surface area contributed by atoms with Gasteiger partial charge in [0.25, 0.3) is 0 Å². The van der Waals surface area contributed by atoms with Crippen LogP contribution in [0.25, 0.3) is 33.3 Å². The number of aromatic carboxylic acids is 1. The van der Waals surface area contributed by atoms with Crippen molar-refractivity contribution in [2.24, 2.45) is 0 Å². The van der Waals surface area contributed by atoms with Crippen LogP contribution in [-0.4, -0.2) is 21.5 Å². The lowest BCUT2D eigenvalue weighted by Gasteiger charge is -2.33. The molecule has 0 radical (unpaired) electrons. The second-order valence-electron chi connectivity index (χ2n) is 9.05. The van der Waals surface area contributed by atoms with Crippen LogP contribution in [0.4, 0.5) is 0 Å². The van der Waals surface area contributed by atoms with Gasteiger partial charge in [0.2, 0.25) is 5.71 Å². The molecule has 4 heterocycles. The summed E-state index contributed by atoms with van der Waals surface area (Å²) < 4.78 is 12.4. The van der Waals surface area contributed by atoms with Crippen LogP contribution in [-0.2, 0) is 24.2 Å². The van der Waals surface area contributed by atoms with Gasteiger partial charge in [0, 0.05) is 28.8 Å². The lowest BCUT2D eigenvalue weighted by Crippen LogP contribution is -2.32. The summed E-state index contributed by atoms with van der Waals surface area (Å²) in [7, 11) is 0. The van der Waals surface area contributed by atoms with Gasteiger partial charge in [-0.05, 0) is 38.3 Å². The first-order chi connectivity index (χ1) is 15.3.